The van der Waals surface area contributed by atoms with Crippen LogP contribution in [0.5, 0.6) is 0 Å². The molecule has 0 atom stereocenters. The molecule has 4 heteroatoms. The zero-order valence-corrected chi connectivity index (χ0v) is 12.7. The first-order valence-electron chi connectivity index (χ1n) is 7.17. The van der Waals surface area contributed by atoms with E-state index in [0.29, 0.717) is 0 Å². The van der Waals surface area contributed by atoms with E-state index in [1.807, 2.05) is 48.3 Å². The van der Waals surface area contributed by atoms with Crippen LogP contribution in [0.1, 0.15) is 5.56 Å². The van der Waals surface area contributed by atoms with Crippen molar-refractivity contribution in [3.63, 3.8) is 0 Å². The van der Waals surface area contributed by atoms with Gasteiger partial charge in [-0.1, -0.05) is 35.9 Å². The Morgan fingerprint density at radius 2 is 1.64 bits per heavy atom. The van der Waals surface area contributed by atoms with Gasteiger partial charge in [0, 0.05) is 24.5 Å². The Kier molecular flexibility index (Phi) is 4.01. The molecule has 0 amide bonds. The van der Waals surface area contributed by atoms with Gasteiger partial charge in [0.1, 0.15) is 18.0 Å². The van der Waals surface area contributed by atoms with Gasteiger partial charge in [0.25, 0.3) is 0 Å². The Labute approximate surface area is 130 Å². The summed E-state index contributed by atoms with van der Waals surface area (Å²) >= 11 is 0. The number of aryl methyl sites for hydroxylation is 1. The van der Waals surface area contributed by atoms with Crippen LogP contribution in [0, 0.1) is 6.92 Å². The lowest BCUT2D eigenvalue weighted by Gasteiger charge is -2.18. The predicted octanol–water partition coefficient (Wildman–Crippen LogP) is 4.30. The Balaban J connectivity index is 1.82. The second-order valence-corrected chi connectivity index (χ2v) is 5.15. The standard InChI is InChI=1S/C18H18N4/c1-14-8-10-15(11-9-14)21-17-12-18(20-13-19-17)22(2)16-6-4-3-5-7-16/h3-13H,1-2H3,(H,19,20,21). The van der Waals surface area contributed by atoms with E-state index in [0.717, 1.165) is 23.0 Å². The Morgan fingerprint density at radius 1 is 0.909 bits per heavy atom. The molecule has 3 aromatic rings. The molecular formula is C18H18N4. The number of hydrogen-bond acceptors (Lipinski definition) is 4. The van der Waals surface area contributed by atoms with Crippen LogP contribution < -0.4 is 10.2 Å². The van der Waals surface area contributed by atoms with Crippen LogP contribution >= 0.6 is 0 Å². The first-order valence-corrected chi connectivity index (χ1v) is 7.17. The maximum Gasteiger partial charge on any atom is 0.138 e. The molecule has 0 saturated carbocycles. The van der Waals surface area contributed by atoms with Gasteiger partial charge in [0.15, 0.2) is 0 Å². The summed E-state index contributed by atoms with van der Waals surface area (Å²) in [5, 5.41) is 3.30. The highest BCUT2D eigenvalue weighted by molar-refractivity contribution is 5.64. The Bertz CT molecular complexity index is 739. The molecule has 1 N–H and O–H groups in total. The second-order valence-electron chi connectivity index (χ2n) is 5.15. The third-order valence-corrected chi connectivity index (χ3v) is 3.46. The fraction of sp³-hybridized carbons (Fsp3) is 0.111. The van der Waals surface area contributed by atoms with Crippen molar-refractivity contribution in [1.29, 1.82) is 0 Å². The number of rotatable bonds is 4. The number of para-hydroxylation sites is 1. The maximum absolute atomic E-state index is 4.35. The fourth-order valence-corrected chi connectivity index (χ4v) is 2.17. The predicted molar refractivity (Wildman–Crippen MR) is 91.0 cm³/mol. The zero-order valence-electron chi connectivity index (χ0n) is 12.7. The van der Waals surface area contributed by atoms with Crippen molar-refractivity contribution in [2.45, 2.75) is 6.92 Å². The molecule has 1 aromatic heterocycles. The average Bonchev–Trinajstić information content (AvgIpc) is 2.57. The Hall–Kier alpha value is -2.88. The van der Waals surface area contributed by atoms with Crippen molar-refractivity contribution in [3.05, 3.63) is 72.6 Å². The highest BCUT2D eigenvalue weighted by Gasteiger charge is 2.06. The highest BCUT2D eigenvalue weighted by atomic mass is 15.2. The van der Waals surface area contributed by atoms with Gasteiger partial charge in [0.2, 0.25) is 0 Å². The van der Waals surface area contributed by atoms with Crippen LogP contribution in [0.25, 0.3) is 0 Å². The van der Waals surface area contributed by atoms with Crippen molar-refractivity contribution in [2.75, 3.05) is 17.3 Å². The minimum Gasteiger partial charge on any atom is -0.340 e. The number of nitrogens with one attached hydrogen (secondary N) is 1. The molecule has 0 radical (unpaired) electrons. The van der Waals surface area contributed by atoms with Crippen molar-refractivity contribution in [1.82, 2.24) is 9.97 Å². The van der Waals surface area contributed by atoms with Crippen LogP contribution in [-0.4, -0.2) is 17.0 Å². The number of anilines is 4. The van der Waals surface area contributed by atoms with E-state index in [9.17, 15) is 0 Å². The summed E-state index contributed by atoms with van der Waals surface area (Å²) in [6.07, 6.45) is 1.57. The van der Waals surface area contributed by atoms with Gasteiger partial charge in [-0.05, 0) is 31.2 Å². The molecule has 3 rings (SSSR count). The van der Waals surface area contributed by atoms with E-state index in [-0.39, 0.29) is 0 Å². The molecule has 0 aliphatic carbocycles. The molecule has 110 valence electrons. The molecule has 0 unspecified atom stereocenters. The first-order chi connectivity index (χ1) is 10.7. The van der Waals surface area contributed by atoms with E-state index >= 15 is 0 Å². The van der Waals surface area contributed by atoms with Crippen LogP contribution in [-0.2, 0) is 0 Å². The lowest BCUT2D eigenvalue weighted by Crippen LogP contribution is -2.11. The molecule has 0 aliphatic heterocycles. The van der Waals surface area contributed by atoms with E-state index in [4.69, 9.17) is 0 Å². The minimum atomic E-state index is 0.775. The van der Waals surface area contributed by atoms with Gasteiger partial charge in [-0.15, -0.1) is 0 Å². The molecule has 22 heavy (non-hydrogen) atoms. The largest absolute Gasteiger partial charge is 0.340 e. The van der Waals surface area contributed by atoms with Crippen molar-refractivity contribution in [3.8, 4) is 0 Å². The minimum absolute atomic E-state index is 0.775. The van der Waals surface area contributed by atoms with Gasteiger partial charge in [-0.2, -0.15) is 0 Å². The third-order valence-electron chi connectivity index (χ3n) is 3.46. The number of hydrogen-bond donors (Lipinski definition) is 1. The van der Waals surface area contributed by atoms with Crippen molar-refractivity contribution >= 4 is 23.0 Å². The smallest absolute Gasteiger partial charge is 0.138 e. The fourth-order valence-electron chi connectivity index (χ4n) is 2.17. The summed E-state index contributed by atoms with van der Waals surface area (Å²) in [6, 6.07) is 20.3. The average molecular weight is 290 g/mol. The maximum atomic E-state index is 4.35. The molecule has 1 heterocycles. The lowest BCUT2D eigenvalue weighted by molar-refractivity contribution is 1.08. The van der Waals surface area contributed by atoms with Gasteiger partial charge in [-0.3, -0.25) is 0 Å². The number of benzene rings is 2. The van der Waals surface area contributed by atoms with E-state index in [1.54, 1.807) is 6.33 Å². The van der Waals surface area contributed by atoms with Crippen molar-refractivity contribution in [2.24, 2.45) is 0 Å². The summed E-state index contributed by atoms with van der Waals surface area (Å²) in [4.78, 5) is 10.7. The van der Waals surface area contributed by atoms with Gasteiger partial charge < -0.3 is 10.2 Å². The topological polar surface area (TPSA) is 41.0 Å². The molecule has 0 spiro atoms. The summed E-state index contributed by atoms with van der Waals surface area (Å²) < 4.78 is 0. The van der Waals surface area contributed by atoms with Crippen LogP contribution in [0.3, 0.4) is 0 Å². The number of aromatic nitrogens is 2. The lowest BCUT2D eigenvalue weighted by atomic mass is 10.2. The molecule has 0 saturated heterocycles. The molecule has 4 nitrogen and oxygen atoms in total. The highest BCUT2D eigenvalue weighted by Crippen LogP contribution is 2.23. The van der Waals surface area contributed by atoms with Crippen LogP contribution in [0.15, 0.2) is 67.0 Å². The summed E-state index contributed by atoms with van der Waals surface area (Å²) in [7, 11) is 1.99. The third kappa shape index (κ3) is 3.23. The summed E-state index contributed by atoms with van der Waals surface area (Å²) in [5.74, 6) is 1.62. The normalized spacial score (nSPS) is 10.3. The van der Waals surface area contributed by atoms with E-state index < -0.39 is 0 Å². The number of nitrogens with zero attached hydrogens (tertiary/aromatic N) is 3. The van der Waals surface area contributed by atoms with Crippen LogP contribution in [0.2, 0.25) is 0 Å². The SMILES string of the molecule is Cc1ccc(Nc2cc(N(C)c3ccccc3)ncn2)cc1. The van der Waals surface area contributed by atoms with E-state index in [2.05, 4.69) is 46.5 Å². The summed E-state index contributed by atoms with van der Waals surface area (Å²) in [5.41, 5.74) is 3.33. The van der Waals surface area contributed by atoms with Gasteiger partial charge in [0.05, 0.1) is 0 Å². The van der Waals surface area contributed by atoms with Gasteiger partial charge >= 0.3 is 0 Å². The van der Waals surface area contributed by atoms with Crippen molar-refractivity contribution < 1.29 is 0 Å². The van der Waals surface area contributed by atoms with E-state index in [1.165, 1.54) is 5.56 Å². The first kappa shape index (κ1) is 14.1. The summed E-state index contributed by atoms with van der Waals surface area (Å²) in [6.45, 7) is 2.07. The Morgan fingerprint density at radius 3 is 2.36 bits per heavy atom. The zero-order chi connectivity index (χ0) is 15.4. The second kappa shape index (κ2) is 6.26. The monoisotopic (exact) mass is 290 g/mol. The van der Waals surface area contributed by atoms with Crippen LogP contribution in [0.4, 0.5) is 23.0 Å². The molecule has 0 aliphatic rings. The quantitative estimate of drug-likeness (QED) is 0.778. The molecule has 0 fully saturated rings. The van der Waals surface area contributed by atoms with Gasteiger partial charge in [-0.25, -0.2) is 9.97 Å². The molecule has 2 aromatic carbocycles. The molecule has 0 bridgehead atoms. The molecular weight excluding hydrogens is 272 g/mol.